The molecule has 4 heteroatoms. The van der Waals surface area contributed by atoms with Crippen LogP contribution in [0, 0.1) is 9.49 Å². The highest BCUT2D eigenvalue weighted by atomic mass is 124. The molecule has 0 N–H and O–H groups in total. The maximum Gasteiger partial charge on any atom is 0.310 e. The molecule has 2 saturated heterocycles. The second-order valence-corrected chi connectivity index (χ2v) is 7.15. The fraction of sp³-hybridized carbons (Fsp3) is 0.562. The van der Waals surface area contributed by atoms with E-state index in [2.05, 4.69) is 58.8 Å². The number of rotatable bonds is 2. The van der Waals surface area contributed by atoms with E-state index in [1.165, 1.54) is 22.7 Å². The van der Waals surface area contributed by atoms with E-state index in [0.29, 0.717) is 18.0 Å². The van der Waals surface area contributed by atoms with E-state index in [1.807, 2.05) is 0 Å². The summed E-state index contributed by atoms with van der Waals surface area (Å²) in [5.74, 6) is 0.225. The van der Waals surface area contributed by atoms with E-state index in [9.17, 15) is 4.79 Å². The van der Waals surface area contributed by atoms with Gasteiger partial charge >= 0.3 is 5.97 Å². The van der Waals surface area contributed by atoms with E-state index in [1.54, 1.807) is 0 Å². The summed E-state index contributed by atoms with van der Waals surface area (Å²) in [4.78, 5) is 14.7. The van der Waals surface area contributed by atoms with Crippen molar-refractivity contribution in [1.82, 2.24) is 4.90 Å². The molecule has 0 unspecified atom stereocenters. The Hall–Kier alpha value is -0.620. The highest BCUT2D eigenvalue weighted by Gasteiger charge is 2.49. The summed E-state index contributed by atoms with van der Waals surface area (Å²) in [6.07, 6.45) is 3.38. The van der Waals surface area contributed by atoms with Crippen LogP contribution in [0.2, 0.25) is 0 Å². The van der Waals surface area contributed by atoms with Gasteiger partial charge in [-0.05, 0) is 66.6 Å². The van der Waals surface area contributed by atoms with Crippen molar-refractivity contribution in [2.45, 2.75) is 37.3 Å². The predicted molar refractivity (Wildman–Crippen MR) is 86.6 cm³/mol. The number of esters is 1. The molecule has 0 saturated carbocycles. The molecule has 1 aromatic carbocycles. The summed E-state index contributed by atoms with van der Waals surface area (Å²) < 4.78 is 6.33. The highest BCUT2D eigenvalue weighted by Crippen LogP contribution is 2.46. The molecular weight excluding hydrogens is 362 g/mol. The van der Waals surface area contributed by atoms with Crippen LogP contribution in [0.25, 0.3) is 0 Å². The van der Waals surface area contributed by atoms with Gasteiger partial charge < -0.3 is 4.74 Å². The van der Waals surface area contributed by atoms with E-state index < -0.39 is 0 Å². The molecule has 0 radical (unpaired) electrons. The number of methoxy groups -OCH3 is 1. The van der Waals surface area contributed by atoms with Crippen molar-refractivity contribution in [2.75, 3.05) is 14.2 Å². The normalized spacial score (nSPS) is 33.1. The zero-order valence-electron chi connectivity index (χ0n) is 11.9. The number of carbonyl (C=O) groups excluding carboxylic acids is 1. The van der Waals surface area contributed by atoms with Gasteiger partial charge in [0, 0.05) is 21.6 Å². The third-order valence-electron chi connectivity index (χ3n) is 5.04. The van der Waals surface area contributed by atoms with Crippen molar-refractivity contribution in [3.05, 3.63) is 33.4 Å². The lowest BCUT2D eigenvalue weighted by Crippen LogP contribution is -2.49. The molecular formula is C16H20INO2. The molecule has 2 fully saturated rings. The topological polar surface area (TPSA) is 29.5 Å². The van der Waals surface area contributed by atoms with Crippen molar-refractivity contribution < 1.29 is 9.53 Å². The van der Waals surface area contributed by atoms with Gasteiger partial charge in [0.05, 0.1) is 13.0 Å². The van der Waals surface area contributed by atoms with Gasteiger partial charge in [0.1, 0.15) is 0 Å². The average Bonchev–Trinajstić information content (AvgIpc) is 2.70. The van der Waals surface area contributed by atoms with Gasteiger partial charge in [-0.25, -0.2) is 0 Å². The Labute approximate surface area is 133 Å². The van der Waals surface area contributed by atoms with Crippen LogP contribution >= 0.6 is 22.6 Å². The van der Waals surface area contributed by atoms with Crippen molar-refractivity contribution in [3.63, 3.8) is 0 Å². The van der Waals surface area contributed by atoms with Crippen LogP contribution < -0.4 is 0 Å². The molecule has 0 aromatic heterocycles. The van der Waals surface area contributed by atoms with Crippen LogP contribution in [0.4, 0.5) is 0 Å². The third kappa shape index (κ3) is 2.37. The van der Waals surface area contributed by atoms with Gasteiger partial charge in [-0.1, -0.05) is 12.1 Å². The van der Waals surface area contributed by atoms with E-state index in [4.69, 9.17) is 4.74 Å². The lowest BCUT2D eigenvalue weighted by atomic mass is 9.76. The Bertz CT molecular complexity index is 502. The van der Waals surface area contributed by atoms with Crippen molar-refractivity contribution in [3.8, 4) is 0 Å². The van der Waals surface area contributed by atoms with Crippen molar-refractivity contribution in [2.24, 2.45) is 5.92 Å². The van der Waals surface area contributed by atoms with Crippen molar-refractivity contribution in [1.29, 1.82) is 0 Å². The van der Waals surface area contributed by atoms with Crippen LogP contribution in [-0.2, 0) is 9.53 Å². The van der Waals surface area contributed by atoms with Crippen LogP contribution in [0.15, 0.2) is 24.3 Å². The van der Waals surface area contributed by atoms with Crippen LogP contribution in [0.5, 0.6) is 0 Å². The Morgan fingerprint density at radius 1 is 1.30 bits per heavy atom. The maximum absolute atomic E-state index is 12.3. The van der Waals surface area contributed by atoms with Crippen LogP contribution in [0.1, 0.15) is 30.7 Å². The monoisotopic (exact) mass is 382 g/mol. The molecule has 2 heterocycles. The predicted octanol–water partition coefficient (Wildman–Crippen LogP) is 3.03. The second-order valence-electron chi connectivity index (χ2n) is 5.91. The number of nitrogens with zero attached hydrogens (tertiary/aromatic N) is 1. The second kappa shape index (κ2) is 5.64. The largest absolute Gasteiger partial charge is 0.469 e. The van der Waals surface area contributed by atoms with Crippen LogP contribution in [0.3, 0.4) is 0 Å². The minimum Gasteiger partial charge on any atom is -0.469 e. The number of benzene rings is 1. The molecule has 2 bridgehead atoms. The Morgan fingerprint density at radius 3 is 2.65 bits per heavy atom. The lowest BCUT2D eigenvalue weighted by Gasteiger charge is -2.41. The smallest absolute Gasteiger partial charge is 0.310 e. The quantitative estimate of drug-likeness (QED) is 0.582. The summed E-state index contributed by atoms with van der Waals surface area (Å²) in [7, 11) is 3.66. The van der Waals surface area contributed by atoms with Gasteiger partial charge in [-0.15, -0.1) is 0 Å². The number of ether oxygens (including phenoxy) is 1. The van der Waals surface area contributed by atoms with Gasteiger partial charge in [0.15, 0.2) is 0 Å². The summed E-state index contributed by atoms with van der Waals surface area (Å²) in [5, 5.41) is 0. The zero-order valence-corrected chi connectivity index (χ0v) is 14.0. The number of fused-ring (bicyclic) bond motifs is 2. The average molecular weight is 382 g/mol. The number of halogens is 1. The standard InChI is InChI=1S/C16H20INO2/c1-18-12-7-8-14(18)15(16(19)20-2)13(9-12)10-3-5-11(17)6-4-10/h3-6,12-15H,7-9H2,1-2H3/t12-,13-,14+,15+/m1/s1/i17-3. The Balaban J connectivity index is 1.95. The molecule has 108 valence electrons. The molecule has 0 spiro atoms. The van der Waals surface area contributed by atoms with Crippen molar-refractivity contribution >= 4 is 28.6 Å². The first-order valence-corrected chi connectivity index (χ1v) is 8.25. The summed E-state index contributed by atoms with van der Waals surface area (Å²) in [5.41, 5.74) is 1.28. The molecule has 2 aliphatic heterocycles. The number of hydrogen-bond donors (Lipinski definition) is 0. The van der Waals surface area contributed by atoms with E-state index >= 15 is 0 Å². The number of carbonyl (C=O) groups is 1. The fourth-order valence-corrected chi connectivity index (χ4v) is 4.34. The third-order valence-corrected chi connectivity index (χ3v) is 5.76. The number of hydrogen-bond acceptors (Lipinski definition) is 3. The maximum atomic E-state index is 12.3. The lowest BCUT2D eigenvalue weighted by molar-refractivity contribution is -0.150. The SMILES string of the molecule is COC(=O)[C@H]1[C@@H](c2ccc([124I])cc2)C[C@H]2CC[C@@H]1N2C. The minimum absolute atomic E-state index is 0.0242. The molecule has 0 aliphatic carbocycles. The van der Waals surface area contributed by atoms with Gasteiger partial charge in [0.25, 0.3) is 0 Å². The minimum atomic E-state index is -0.0502. The van der Waals surface area contributed by atoms with E-state index in [-0.39, 0.29) is 11.9 Å². The van der Waals surface area contributed by atoms with Gasteiger partial charge in [-0.3, -0.25) is 9.69 Å². The summed E-state index contributed by atoms with van der Waals surface area (Å²) in [6.45, 7) is 0. The fourth-order valence-electron chi connectivity index (χ4n) is 3.98. The van der Waals surface area contributed by atoms with Gasteiger partial charge in [-0.2, -0.15) is 0 Å². The summed E-state index contributed by atoms with van der Waals surface area (Å²) in [6, 6.07) is 9.56. The summed E-state index contributed by atoms with van der Waals surface area (Å²) >= 11 is 2.32. The molecule has 3 nitrogen and oxygen atoms in total. The Morgan fingerprint density at radius 2 is 2.00 bits per heavy atom. The zero-order chi connectivity index (χ0) is 14.3. The first-order chi connectivity index (χ1) is 9.61. The first kappa shape index (κ1) is 14.3. The first-order valence-electron chi connectivity index (χ1n) is 7.17. The Kier molecular flexibility index (Phi) is 4.04. The van der Waals surface area contributed by atoms with E-state index in [0.717, 1.165) is 12.8 Å². The highest BCUT2D eigenvalue weighted by molar-refractivity contribution is 14.1. The van der Waals surface area contributed by atoms with Gasteiger partial charge in [0.2, 0.25) is 0 Å². The molecule has 4 atom stereocenters. The molecule has 1 aromatic rings. The molecule has 2 aliphatic rings. The molecule has 20 heavy (non-hydrogen) atoms. The number of piperidine rings is 1. The molecule has 0 amide bonds. The van der Waals surface area contributed by atoms with Crippen LogP contribution in [-0.4, -0.2) is 37.1 Å². The molecule has 3 rings (SSSR count).